The van der Waals surface area contributed by atoms with Crippen LogP contribution in [0.2, 0.25) is 0 Å². The molecule has 0 saturated heterocycles. The van der Waals surface area contributed by atoms with Crippen molar-refractivity contribution in [3.8, 4) is 0 Å². The molecule has 0 amide bonds. The van der Waals surface area contributed by atoms with E-state index in [-0.39, 0.29) is 0 Å². The summed E-state index contributed by atoms with van der Waals surface area (Å²) in [5.41, 5.74) is 3.28. The monoisotopic (exact) mass is 288 g/mol. The maximum Gasteiger partial charge on any atom is 0.346 e. The molecule has 1 aromatic carbocycles. The van der Waals surface area contributed by atoms with Gasteiger partial charge in [0.1, 0.15) is 0 Å². The van der Waals surface area contributed by atoms with E-state index in [1.54, 1.807) is 18.2 Å². The second kappa shape index (κ2) is 5.87. The highest BCUT2D eigenvalue weighted by Gasteiger charge is 2.19. The predicted octanol–water partition coefficient (Wildman–Crippen LogP) is 1.96. The Balaban J connectivity index is 2.28. The van der Waals surface area contributed by atoms with Crippen molar-refractivity contribution in [2.75, 3.05) is 7.11 Å². The number of aryl methyl sites for hydroxylation is 2. The van der Waals surface area contributed by atoms with Gasteiger partial charge in [-0.25, -0.2) is 19.6 Å². The molecule has 6 heteroatoms. The van der Waals surface area contributed by atoms with E-state index in [0.29, 0.717) is 16.6 Å². The maximum absolute atomic E-state index is 12.0. The number of fused-ring (bicyclic) bond motifs is 1. The van der Waals surface area contributed by atoms with Gasteiger partial charge in [-0.2, -0.15) is 0 Å². The van der Waals surface area contributed by atoms with Gasteiger partial charge in [0.2, 0.25) is 0 Å². The largest absolute Gasteiger partial charge is 0.466 e. The highest BCUT2D eigenvalue weighted by Crippen LogP contribution is 2.15. The number of ether oxygens (including phenoxy) is 2. The van der Waals surface area contributed by atoms with E-state index < -0.39 is 18.0 Å². The third-order valence-corrected chi connectivity index (χ3v) is 3.13. The van der Waals surface area contributed by atoms with Gasteiger partial charge < -0.3 is 9.47 Å². The first-order valence-corrected chi connectivity index (χ1v) is 6.46. The lowest BCUT2D eigenvalue weighted by Crippen LogP contribution is -2.25. The van der Waals surface area contributed by atoms with Gasteiger partial charge in [-0.3, -0.25) is 0 Å². The summed E-state index contributed by atoms with van der Waals surface area (Å²) in [5, 5.41) is 0. The Morgan fingerprint density at radius 2 is 1.71 bits per heavy atom. The van der Waals surface area contributed by atoms with Crippen molar-refractivity contribution in [1.82, 2.24) is 9.97 Å². The molecule has 0 aliphatic carbocycles. The van der Waals surface area contributed by atoms with Crippen LogP contribution in [0.1, 0.15) is 28.7 Å². The van der Waals surface area contributed by atoms with Gasteiger partial charge in [-0.1, -0.05) is 0 Å². The van der Waals surface area contributed by atoms with Crippen molar-refractivity contribution in [2.45, 2.75) is 26.9 Å². The third kappa shape index (κ3) is 3.16. The number of aromatic nitrogens is 2. The molecular formula is C15H16N2O4. The molecule has 0 aliphatic heterocycles. The Kier molecular flexibility index (Phi) is 4.16. The van der Waals surface area contributed by atoms with Crippen LogP contribution in [-0.4, -0.2) is 35.1 Å². The molecular weight excluding hydrogens is 272 g/mol. The number of methoxy groups -OCH3 is 1. The van der Waals surface area contributed by atoms with Crippen molar-refractivity contribution in [1.29, 1.82) is 0 Å². The van der Waals surface area contributed by atoms with Crippen LogP contribution in [-0.2, 0) is 14.3 Å². The second-order valence-corrected chi connectivity index (χ2v) is 4.67. The van der Waals surface area contributed by atoms with Gasteiger partial charge in [0.15, 0.2) is 6.10 Å². The minimum absolute atomic E-state index is 0.316. The molecule has 2 rings (SSSR count). The van der Waals surface area contributed by atoms with Gasteiger partial charge in [0, 0.05) is 0 Å². The number of benzene rings is 1. The van der Waals surface area contributed by atoms with E-state index in [2.05, 4.69) is 14.7 Å². The Morgan fingerprint density at radius 3 is 2.33 bits per heavy atom. The SMILES string of the molecule is COC(=O)C(C)OC(=O)c1ccc2nc(C)c(C)nc2c1. The lowest BCUT2D eigenvalue weighted by molar-refractivity contribution is -0.149. The van der Waals surface area contributed by atoms with Gasteiger partial charge >= 0.3 is 11.9 Å². The van der Waals surface area contributed by atoms with Crippen molar-refractivity contribution >= 4 is 23.0 Å². The molecule has 0 N–H and O–H groups in total. The number of hydrogen-bond acceptors (Lipinski definition) is 6. The molecule has 110 valence electrons. The van der Waals surface area contributed by atoms with Gasteiger partial charge in [-0.05, 0) is 39.0 Å². The zero-order valence-electron chi connectivity index (χ0n) is 12.3. The first kappa shape index (κ1) is 14.9. The van der Waals surface area contributed by atoms with E-state index in [9.17, 15) is 9.59 Å². The smallest absolute Gasteiger partial charge is 0.346 e. The fraction of sp³-hybridized carbons (Fsp3) is 0.333. The summed E-state index contributed by atoms with van der Waals surface area (Å²) in [4.78, 5) is 32.0. The van der Waals surface area contributed by atoms with Crippen LogP contribution in [0.15, 0.2) is 18.2 Å². The number of rotatable bonds is 3. The van der Waals surface area contributed by atoms with E-state index in [4.69, 9.17) is 4.74 Å². The number of carbonyl (C=O) groups excluding carboxylic acids is 2. The highest BCUT2D eigenvalue weighted by molar-refractivity contribution is 5.94. The van der Waals surface area contributed by atoms with Gasteiger partial charge in [0.25, 0.3) is 0 Å². The first-order valence-electron chi connectivity index (χ1n) is 6.46. The van der Waals surface area contributed by atoms with Crippen LogP contribution in [0, 0.1) is 13.8 Å². The normalized spacial score (nSPS) is 12.0. The fourth-order valence-electron chi connectivity index (χ4n) is 1.80. The van der Waals surface area contributed by atoms with Gasteiger partial charge in [0.05, 0.1) is 35.1 Å². The zero-order valence-corrected chi connectivity index (χ0v) is 12.3. The fourth-order valence-corrected chi connectivity index (χ4v) is 1.80. The topological polar surface area (TPSA) is 78.4 Å². The molecule has 1 unspecified atom stereocenters. The molecule has 21 heavy (non-hydrogen) atoms. The van der Waals surface area contributed by atoms with Crippen molar-refractivity contribution in [3.63, 3.8) is 0 Å². The van der Waals surface area contributed by atoms with Crippen molar-refractivity contribution in [3.05, 3.63) is 35.2 Å². The molecule has 0 radical (unpaired) electrons. The van der Waals surface area contributed by atoms with E-state index in [1.807, 2.05) is 13.8 Å². The third-order valence-electron chi connectivity index (χ3n) is 3.13. The van der Waals surface area contributed by atoms with Crippen molar-refractivity contribution < 1.29 is 19.1 Å². The van der Waals surface area contributed by atoms with Crippen LogP contribution in [0.3, 0.4) is 0 Å². The minimum Gasteiger partial charge on any atom is -0.466 e. The molecule has 0 bridgehead atoms. The summed E-state index contributed by atoms with van der Waals surface area (Å²) >= 11 is 0. The molecule has 0 saturated carbocycles. The summed E-state index contributed by atoms with van der Waals surface area (Å²) in [6.07, 6.45) is -0.955. The molecule has 0 spiro atoms. The van der Waals surface area contributed by atoms with E-state index in [1.165, 1.54) is 14.0 Å². The highest BCUT2D eigenvalue weighted by atomic mass is 16.6. The number of hydrogen-bond donors (Lipinski definition) is 0. The molecule has 1 aromatic heterocycles. The molecule has 2 aromatic rings. The molecule has 1 heterocycles. The van der Waals surface area contributed by atoms with Crippen LogP contribution < -0.4 is 0 Å². The van der Waals surface area contributed by atoms with E-state index >= 15 is 0 Å². The average Bonchev–Trinajstić information content (AvgIpc) is 2.46. The minimum atomic E-state index is -0.955. The summed E-state index contributed by atoms with van der Waals surface area (Å²) in [7, 11) is 1.24. The zero-order chi connectivity index (χ0) is 15.6. The van der Waals surface area contributed by atoms with Crippen LogP contribution in [0.4, 0.5) is 0 Å². The van der Waals surface area contributed by atoms with E-state index in [0.717, 1.165) is 11.4 Å². The standard InChI is InChI=1S/C15H16N2O4/c1-8-9(2)17-13-7-11(5-6-12(13)16-8)15(19)21-10(3)14(18)20-4/h5-7,10H,1-4H3. The Morgan fingerprint density at radius 1 is 1.10 bits per heavy atom. The number of carbonyl (C=O) groups is 2. The van der Waals surface area contributed by atoms with Crippen LogP contribution in [0.25, 0.3) is 11.0 Å². The number of nitrogens with zero attached hydrogens (tertiary/aromatic N) is 2. The Bertz CT molecular complexity index is 712. The van der Waals surface area contributed by atoms with Crippen LogP contribution >= 0.6 is 0 Å². The second-order valence-electron chi connectivity index (χ2n) is 4.67. The maximum atomic E-state index is 12.0. The Hall–Kier alpha value is -2.50. The first-order chi connectivity index (χ1) is 9.92. The van der Waals surface area contributed by atoms with Crippen molar-refractivity contribution in [2.24, 2.45) is 0 Å². The molecule has 0 aliphatic rings. The summed E-state index contributed by atoms with van der Waals surface area (Å²) < 4.78 is 9.54. The molecule has 6 nitrogen and oxygen atoms in total. The Labute approximate surface area is 122 Å². The number of esters is 2. The summed E-state index contributed by atoms with van der Waals surface area (Å²) in [6.45, 7) is 5.19. The summed E-state index contributed by atoms with van der Waals surface area (Å²) in [6, 6.07) is 4.90. The molecule has 1 atom stereocenters. The predicted molar refractivity (Wildman–Crippen MR) is 75.9 cm³/mol. The quantitative estimate of drug-likeness (QED) is 0.803. The lowest BCUT2D eigenvalue weighted by atomic mass is 10.2. The van der Waals surface area contributed by atoms with Crippen LogP contribution in [0.5, 0.6) is 0 Å². The van der Waals surface area contributed by atoms with Gasteiger partial charge in [-0.15, -0.1) is 0 Å². The average molecular weight is 288 g/mol. The molecule has 0 fully saturated rings. The lowest BCUT2D eigenvalue weighted by Gasteiger charge is -2.11. The summed E-state index contributed by atoms with van der Waals surface area (Å²) in [5.74, 6) is -1.20.